The molecular formula is C18H19N2NaO6. The minimum atomic E-state index is -1.41. The number of carbonyl (C=O) groups excluding carboxylic acids is 3. The number of hydrogen-bond donors (Lipinski definition) is 2. The number of benzene rings is 1. The Balaban J connectivity index is 0.00000261. The minimum Gasteiger partial charge on any atom is -0.543 e. The van der Waals surface area contributed by atoms with Gasteiger partial charge in [-0.25, -0.2) is 4.79 Å². The molecule has 0 saturated carbocycles. The number of amides is 2. The van der Waals surface area contributed by atoms with Crippen LogP contribution in [-0.2, 0) is 20.9 Å². The molecule has 8 nitrogen and oxygen atoms in total. The third-order valence-corrected chi connectivity index (χ3v) is 4.85. The van der Waals surface area contributed by atoms with Crippen LogP contribution in [-0.4, -0.2) is 47.2 Å². The fraction of sp³-hybridized carbons (Fsp3) is 0.389. The number of ether oxygens (including phenoxy) is 1. The largest absolute Gasteiger partial charge is 1.00 e. The minimum absolute atomic E-state index is 0. The monoisotopic (exact) mass is 382 g/mol. The number of methoxy groups -OCH3 is 1. The molecule has 2 heterocycles. The molecule has 2 amide bonds. The van der Waals surface area contributed by atoms with Crippen LogP contribution in [0, 0.1) is 5.92 Å². The number of alkyl carbamates (subject to hydrolysis) is 1. The van der Waals surface area contributed by atoms with Crippen molar-refractivity contribution in [3.63, 3.8) is 0 Å². The van der Waals surface area contributed by atoms with Crippen LogP contribution in [0.1, 0.15) is 24.5 Å². The maximum atomic E-state index is 12.2. The van der Waals surface area contributed by atoms with Crippen LogP contribution < -0.4 is 40.0 Å². The van der Waals surface area contributed by atoms with Gasteiger partial charge < -0.3 is 30.0 Å². The molecule has 1 aromatic rings. The topological polar surface area (TPSA) is 119 Å². The smallest absolute Gasteiger partial charge is 0.543 e. The van der Waals surface area contributed by atoms with E-state index in [4.69, 9.17) is 0 Å². The number of carbonyl (C=O) groups is 3. The van der Waals surface area contributed by atoms with Crippen molar-refractivity contribution in [2.75, 3.05) is 7.11 Å². The maximum absolute atomic E-state index is 12.2. The van der Waals surface area contributed by atoms with Gasteiger partial charge in [0.1, 0.15) is 0 Å². The second kappa shape index (κ2) is 8.43. The Kier molecular flexibility index (Phi) is 6.69. The van der Waals surface area contributed by atoms with Crippen LogP contribution in [0.15, 0.2) is 30.0 Å². The van der Waals surface area contributed by atoms with Crippen LogP contribution in [0.5, 0.6) is 0 Å². The summed E-state index contributed by atoms with van der Waals surface area (Å²) in [5.41, 5.74) is 1.86. The van der Waals surface area contributed by atoms with Crippen molar-refractivity contribution in [1.29, 1.82) is 0 Å². The van der Waals surface area contributed by atoms with E-state index in [1.54, 1.807) is 24.3 Å². The zero-order chi connectivity index (χ0) is 19.0. The Bertz CT molecular complexity index is 790. The summed E-state index contributed by atoms with van der Waals surface area (Å²) in [5.74, 6) is -2.39. The fourth-order valence-corrected chi connectivity index (χ4v) is 3.59. The Morgan fingerprint density at radius 1 is 1.37 bits per heavy atom. The Labute approximate surface area is 178 Å². The molecule has 138 valence electrons. The van der Waals surface area contributed by atoms with E-state index in [0.29, 0.717) is 17.6 Å². The number of nitrogens with one attached hydrogen (secondary N) is 1. The van der Waals surface area contributed by atoms with Crippen molar-refractivity contribution in [3.05, 3.63) is 41.1 Å². The average molecular weight is 382 g/mol. The van der Waals surface area contributed by atoms with E-state index in [1.807, 2.05) is 0 Å². The van der Waals surface area contributed by atoms with Crippen molar-refractivity contribution in [3.8, 4) is 0 Å². The van der Waals surface area contributed by atoms with Gasteiger partial charge in [-0.1, -0.05) is 24.3 Å². The van der Waals surface area contributed by atoms with Crippen molar-refractivity contribution in [2.24, 2.45) is 5.92 Å². The van der Waals surface area contributed by atoms with Gasteiger partial charge in [0, 0.05) is 6.54 Å². The van der Waals surface area contributed by atoms with E-state index in [2.05, 4.69) is 10.1 Å². The molecule has 0 aliphatic carbocycles. The van der Waals surface area contributed by atoms with Gasteiger partial charge in [0.2, 0.25) is 5.91 Å². The molecule has 0 bridgehead atoms. The van der Waals surface area contributed by atoms with E-state index in [-0.39, 0.29) is 47.8 Å². The van der Waals surface area contributed by atoms with Gasteiger partial charge in [-0.3, -0.25) is 4.79 Å². The van der Waals surface area contributed by atoms with E-state index in [1.165, 1.54) is 18.9 Å². The molecule has 0 spiro atoms. The summed E-state index contributed by atoms with van der Waals surface area (Å²) < 4.78 is 4.50. The predicted octanol–water partition coefficient (Wildman–Crippen LogP) is -3.38. The second-order valence-electron chi connectivity index (χ2n) is 6.40. The zero-order valence-corrected chi connectivity index (χ0v) is 17.4. The first-order chi connectivity index (χ1) is 12.3. The van der Waals surface area contributed by atoms with Crippen LogP contribution in [0.4, 0.5) is 4.79 Å². The van der Waals surface area contributed by atoms with E-state index < -0.39 is 30.0 Å². The first-order valence-corrected chi connectivity index (χ1v) is 8.22. The molecule has 1 fully saturated rings. The Morgan fingerprint density at radius 3 is 2.52 bits per heavy atom. The molecule has 0 unspecified atom stereocenters. The quantitative estimate of drug-likeness (QED) is 0.405. The van der Waals surface area contributed by atoms with Crippen molar-refractivity contribution in [2.45, 2.75) is 32.0 Å². The maximum Gasteiger partial charge on any atom is 1.00 e. The normalized spacial score (nSPS) is 21.7. The molecule has 0 radical (unpaired) electrons. The van der Waals surface area contributed by atoms with E-state index in [9.17, 15) is 24.6 Å². The molecule has 2 aliphatic rings. The predicted molar refractivity (Wildman–Crippen MR) is 88.0 cm³/mol. The number of aliphatic hydroxyl groups excluding tert-OH is 1. The number of carboxylic acid groups (broad SMARTS) is 1. The van der Waals surface area contributed by atoms with Crippen LogP contribution in [0.3, 0.4) is 0 Å². The summed E-state index contributed by atoms with van der Waals surface area (Å²) in [5, 5.41) is 23.9. The number of aliphatic carboxylic acids is 1. The van der Waals surface area contributed by atoms with Crippen molar-refractivity contribution < 1.29 is 58.9 Å². The van der Waals surface area contributed by atoms with Gasteiger partial charge in [-0.2, -0.15) is 0 Å². The summed E-state index contributed by atoms with van der Waals surface area (Å²) in [4.78, 5) is 36.1. The van der Waals surface area contributed by atoms with Crippen LogP contribution >= 0.6 is 0 Å². The van der Waals surface area contributed by atoms with Gasteiger partial charge >= 0.3 is 35.7 Å². The van der Waals surface area contributed by atoms with Gasteiger partial charge in [-0.15, -0.1) is 0 Å². The summed E-state index contributed by atoms with van der Waals surface area (Å²) in [6, 6.07) is 6.63. The van der Waals surface area contributed by atoms with Crippen LogP contribution in [0.2, 0.25) is 0 Å². The first-order valence-electron chi connectivity index (χ1n) is 8.22. The SMILES string of the molecule is COC(=O)NCc1ccc(C2=C(C(=O)[O-])N3C(=O)[C@H]([C@@H](C)O)[C@H]3C2)cc1.[Na+]. The number of rotatable bonds is 5. The molecular weight excluding hydrogens is 363 g/mol. The molecule has 9 heteroatoms. The molecule has 1 saturated heterocycles. The Hall–Kier alpha value is -1.87. The summed E-state index contributed by atoms with van der Waals surface area (Å²) in [6.45, 7) is 1.80. The van der Waals surface area contributed by atoms with E-state index in [0.717, 1.165) is 5.56 Å². The molecule has 27 heavy (non-hydrogen) atoms. The molecule has 2 N–H and O–H groups in total. The number of aliphatic hydroxyl groups is 1. The standard InChI is InChI=1S/C18H20N2O6.Na/c1-9(21)14-13-7-12(15(17(23)24)20(13)16(14)22)11-5-3-10(4-6-11)8-19-18(25)26-2;/h3-6,9,13-14,21H,7-8H2,1-2H3,(H,19,25)(H,23,24);/q;+1/p-1/t9-,13-,14-;/m1./s1. The molecule has 3 atom stereocenters. The van der Waals surface area contributed by atoms with Gasteiger partial charge in [0.15, 0.2) is 0 Å². The number of nitrogens with zero attached hydrogens (tertiary/aromatic N) is 1. The van der Waals surface area contributed by atoms with Gasteiger partial charge in [-0.05, 0) is 30.0 Å². The molecule has 0 aromatic heterocycles. The Morgan fingerprint density at radius 2 is 2.00 bits per heavy atom. The third-order valence-electron chi connectivity index (χ3n) is 4.85. The first kappa shape index (κ1) is 21.4. The van der Waals surface area contributed by atoms with Crippen LogP contribution in [0.25, 0.3) is 5.57 Å². The average Bonchev–Trinajstić information content (AvgIpc) is 2.95. The van der Waals surface area contributed by atoms with Gasteiger partial charge in [0.25, 0.3) is 0 Å². The molecule has 1 aromatic carbocycles. The summed E-state index contributed by atoms with van der Waals surface area (Å²) >= 11 is 0. The van der Waals surface area contributed by atoms with E-state index >= 15 is 0 Å². The van der Waals surface area contributed by atoms with Crippen molar-refractivity contribution in [1.82, 2.24) is 10.2 Å². The van der Waals surface area contributed by atoms with Gasteiger partial charge in [0.05, 0.1) is 36.8 Å². The number of hydrogen-bond acceptors (Lipinski definition) is 6. The zero-order valence-electron chi connectivity index (χ0n) is 15.4. The number of carboxylic acids is 1. The number of β-lactam (4-membered cyclic amide) rings is 1. The van der Waals surface area contributed by atoms with Crippen molar-refractivity contribution >= 4 is 23.5 Å². The molecule has 3 rings (SSSR count). The summed E-state index contributed by atoms with van der Waals surface area (Å²) in [7, 11) is 1.28. The second-order valence-corrected chi connectivity index (χ2v) is 6.40. The number of fused-ring (bicyclic) bond motifs is 1. The molecule has 2 aliphatic heterocycles. The summed E-state index contributed by atoms with van der Waals surface area (Å²) in [6.07, 6.45) is -1.03. The third kappa shape index (κ3) is 3.89. The fourth-order valence-electron chi connectivity index (χ4n) is 3.59.